The average Bonchev–Trinajstić information content (AvgIpc) is 2.47. The lowest BCUT2D eigenvalue weighted by Crippen LogP contribution is -2.17. The minimum atomic E-state index is 0.289. The Balaban J connectivity index is 1.91. The molecule has 1 nitrogen and oxygen atoms in total. The Morgan fingerprint density at radius 1 is 0.810 bits per heavy atom. The van der Waals surface area contributed by atoms with Crippen molar-refractivity contribution in [3.63, 3.8) is 0 Å². The average molecular weight is 296 g/mol. The molecule has 2 aromatic rings. The molecule has 0 unspecified atom stereocenters. The monoisotopic (exact) mass is 296 g/mol. The number of thioether (sulfide) groups is 1. The minimum Gasteiger partial charge on any atom is -0.300 e. The van der Waals surface area contributed by atoms with E-state index in [9.17, 15) is 4.79 Å². The van der Waals surface area contributed by atoms with Crippen LogP contribution in [0.2, 0.25) is 0 Å². The molecule has 0 amide bonds. The molecule has 0 saturated carbocycles. The maximum absolute atomic E-state index is 12.2. The summed E-state index contributed by atoms with van der Waals surface area (Å²) >= 11 is 1.95. The van der Waals surface area contributed by atoms with Gasteiger partial charge in [0.25, 0.3) is 0 Å². The van der Waals surface area contributed by atoms with E-state index in [-0.39, 0.29) is 10.5 Å². The van der Waals surface area contributed by atoms with E-state index in [4.69, 9.17) is 0 Å². The fraction of sp³-hybridized carbons (Fsp3) is 0.316. The fourth-order valence-corrected chi connectivity index (χ4v) is 4.84. The highest BCUT2D eigenvalue weighted by molar-refractivity contribution is 7.99. The van der Waals surface area contributed by atoms with Crippen molar-refractivity contribution in [2.75, 3.05) is 0 Å². The first-order valence-corrected chi connectivity index (χ1v) is 8.37. The van der Waals surface area contributed by atoms with Crippen LogP contribution in [0.4, 0.5) is 0 Å². The van der Waals surface area contributed by atoms with Gasteiger partial charge in [-0.05, 0) is 36.1 Å². The Morgan fingerprint density at radius 3 is 1.67 bits per heavy atom. The summed E-state index contributed by atoms with van der Waals surface area (Å²) in [4.78, 5) is 12.2. The first-order valence-electron chi connectivity index (χ1n) is 7.43. The van der Waals surface area contributed by atoms with Gasteiger partial charge in [0, 0.05) is 23.3 Å². The lowest BCUT2D eigenvalue weighted by molar-refractivity contribution is -0.119. The van der Waals surface area contributed by atoms with E-state index >= 15 is 0 Å². The quantitative estimate of drug-likeness (QED) is 0.759. The molecule has 1 fully saturated rings. The molecule has 0 aliphatic carbocycles. The molecule has 0 spiro atoms. The van der Waals surface area contributed by atoms with Crippen LogP contribution in [-0.4, -0.2) is 5.78 Å². The van der Waals surface area contributed by atoms with Crippen molar-refractivity contribution in [2.24, 2.45) is 0 Å². The summed E-state index contributed by atoms with van der Waals surface area (Å²) in [6.45, 7) is 4.27. The van der Waals surface area contributed by atoms with Gasteiger partial charge in [-0.2, -0.15) is 0 Å². The van der Waals surface area contributed by atoms with Gasteiger partial charge in [0.15, 0.2) is 0 Å². The van der Waals surface area contributed by atoms with Gasteiger partial charge in [-0.1, -0.05) is 48.5 Å². The molecule has 108 valence electrons. The minimum absolute atomic E-state index is 0.289. The number of benzene rings is 2. The summed E-state index contributed by atoms with van der Waals surface area (Å²) in [7, 11) is 0. The number of Topliss-reactive ketones (excluding diaryl/α,β-unsaturated/α-hetero) is 1. The molecule has 0 radical (unpaired) electrons. The number of ketones is 1. The van der Waals surface area contributed by atoms with E-state index in [0.29, 0.717) is 18.6 Å². The SMILES string of the molecule is Cc1ccccc1[C@@H]1CC(=O)C[C@@H](c2ccccc2C)S1. The maximum atomic E-state index is 12.2. The summed E-state index contributed by atoms with van der Waals surface area (Å²) in [5, 5.41) is 0.578. The maximum Gasteiger partial charge on any atom is 0.135 e. The van der Waals surface area contributed by atoms with Crippen LogP contribution in [0.25, 0.3) is 0 Å². The van der Waals surface area contributed by atoms with Gasteiger partial charge in [-0.25, -0.2) is 0 Å². The van der Waals surface area contributed by atoms with Crippen molar-refractivity contribution in [2.45, 2.75) is 37.2 Å². The van der Waals surface area contributed by atoms with Crippen LogP contribution in [-0.2, 0) is 4.79 Å². The predicted molar refractivity (Wildman–Crippen MR) is 89.7 cm³/mol. The number of hydrogen-bond acceptors (Lipinski definition) is 2. The van der Waals surface area contributed by atoms with Gasteiger partial charge in [-0.3, -0.25) is 4.79 Å². The third kappa shape index (κ3) is 3.06. The van der Waals surface area contributed by atoms with Gasteiger partial charge in [0.1, 0.15) is 5.78 Å². The smallest absolute Gasteiger partial charge is 0.135 e. The lowest BCUT2D eigenvalue weighted by Gasteiger charge is -2.30. The van der Waals surface area contributed by atoms with E-state index < -0.39 is 0 Å². The molecule has 1 saturated heterocycles. The van der Waals surface area contributed by atoms with Gasteiger partial charge in [0.2, 0.25) is 0 Å². The molecule has 1 aliphatic heterocycles. The van der Waals surface area contributed by atoms with Crippen LogP contribution in [0.3, 0.4) is 0 Å². The van der Waals surface area contributed by atoms with Crippen molar-refractivity contribution < 1.29 is 4.79 Å². The lowest BCUT2D eigenvalue weighted by atomic mass is 9.96. The predicted octanol–water partition coefficient (Wildman–Crippen LogP) is 5.18. The van der Waals surface area contributed by atoms with Crippen molar-refractivity contribution in [3.8, 4) is 0 Å². The molecule has 2 atom stereocenters. The Bertz CT molecular complexity index is 607. The summed E-state index contributed by atoms with van der Waals surface area (Å²) in [6, 6.07) is 16.9. The molecule has 2 aromatic carbocycles. The second kappa shape index (κ2) is 6.07. The summed E-state index contributed by atoms with van der Waals surface area (Å²) < 4.78 is 0. The van der Waals surface area contributed by atoms with Crippen LogP contribution in [0, 0.1) is 13.8 Å². The molecule has 2 heteroatoms. The van der Waals surface area contributed by atoms with Crippen molar-refractivity contribution in [1.82, 2.24) is 0 Å². The van der Waals surface area contributed by atoms with Crippen LogP contribution < -0.4 is 0 Å². The molecule has 1 heterocycles. The number of rotatable bonds is 2. The Labute approximate surface area is 130 Å². The van der Waals surface area contributed by atoms with E-state index in [1.807, 2.05) is 11.8 Å². The van der Waals surface area contributed by atoms with Crippen molar-refractivity contribution in [1.29, 1.82) is 0 Å². The van der Waals surface area contributed by atoms with Gasteiger partial charge in [-0.15, -0.1) is 11.8 Å². The van der Waals surface area contributed by atoms with Crippen LogP contribution in [0.5, 0.6) is 0 Å². The van der Waals surface area contributed by atoms with E-state index in [2.05, 4.69) is 62.4 Å². The van der Waals surface area contributed by atoms with E-state index in [1.54, 1.807) is 0 Å². The molecule has 21 heavy (non-hydrogen) atoms. The summed E-state index contributed by atoms with van der Waals surface area (Å²) in [6.07, 6.45) is 1.33. The normalized spacial score (nSPS) is 22.3. The Kier molecular flexibility index (Phi) is 4.16. The van der Waals surface area contributed by atoms with Crippen molar-refractivity contribution >= 4 is 17.5 Å². The second-order valence-corrected chi connectivity index (χ2v) is 7.18. The zero-order chi connectivity index (χ0) is 14.8. The third-order valence-corrected chi connectivity index (χ3v) is 5.72. The van der Waals surface area contributed by atoms with Crippen LogP contribution in [0.1, 0.15) is 45.6 Å². The number of hydrogen-bond donors (Lipinski definition) is 0. The molecule has 0 bridgehead atoms. The molecular formula is C19H20OS. The molecule has 1 aliphatic rings. The molecule has 3 rings (SSSR count). The van der Waals surface area contributed by atoms with Gasteiger partial charge >= 0.3 is 0 Å². The standard InChI is InChI=1S/C19H20OS/c1-13-7-3-5-9-16(13)18-11-15(20)12-19(21-18)17-10-6-4-8-14(17)2/h3-10,18-19H,11-12H2,1-2H3/t18-,19-/m0/s1. The zero-order valence-corrected chi connectivity index (χ0v) is 13.3. The number of carbonyl (C=O) groups excluding carboxylic acids is 1. The molecule has 0 aromatic heterocycles. The van der Waals surface area contributed by atoms with Gasteiger partial charge in [0.05, 0.1) is 0 Å². The summed E-state index contributed by atoms with van der Waals surface area (Å²) in [5.74, 6) is 0.384. The highest BCUT2D eigenvalue weighted by atomic mass is 32.2. The van der Waals surface area contributed by atoms with E-state index in [1.165, 1.54) is 22.3 Å². The first-order chi connectivity index (χ1) is 10.1. The highest BCUT2D eigenvalue weighted by Gasteiger charge is 2.31. The first kappa shape index (κ1) is 14.4. The Morgan fingerprint density at radius 2 is 1.24 bits per heavy atom. The third-order valence-electron chi connectivity index (χ3n) is 4.23. The number of aryl methyl sites for hydroxylation is 2. The van der Waals surface area contributed by atoms with E-state index in [0.717, 1.165) is 0 Å². The Hall–Kier alpha value is -1.54. The summed E-state index contributed by atoms with van der Waals surface area (Å²) in [5.41, 5.74) is 5.20. The fourth-order valence-electron chi connectivity index (χ4n) is 3.05. The topological polar surface area (TPSA) is 17.1 Å². The molecule has 0 N–H and O–H groups in total. The van der Waals surface area contributed by atoms with Gasteiger partial charge < -0.3 is 0 Å². The highest BCUT2D eigenvalue weighted by Crippen LogP contribution is 2.49. The van der Waals surface area contributed by atoms with Crippen LogP contribution in [0.15, 0.2) is 48.5 Å². The molecular weight excluding hydrogens is 276 g/mol. The number of carbonyl (C=O) groups is 1. The van der Waals surface area contributed by atoms with Crippen LogP contribution >= 0.6 is 11.8 Å². The largest absolute Gasteiger partial charge is 0.300 e. The second-order valence-electron chi connectivity index (χ2n) is 5.77. The zero-order valence-electron chi connectivity index (χ0n) is 12.5. The van der Waals surface area contributed by atoms with Crippen molar-refractivity contribution in [3.05, 3.63) is 70.8 Å².